The Kier molecular flexibility index (Phi) is 14.9. The molecule has 148 valence electrons. The average Bonchev–Trinajstić information content (AvgIpc) is 2.53. The second-order valence-corrected chi connectivity index (χ2v) is 9.32. The summed E-state index contributed by atoms with van der Waals surface area (Å²) in [5.74, 6) is -0.762. The lowest BCUT2D eigenvalue weighted by molar-refractivity contribution is -0.137. The molecule has 0 amide bonds. The molecule has 0 aromatic heterocycles. The number of unbranched alkanes of at least 4 members (excludes halogenated alkanes) is 10. The summed E-state index contributed by atoms with van der Waals surface area (Å²) in [6, 6.07) is 0. The molecule has 0 rings (SSSR count). The van der Waals surface area contributed by atoms with Crippen molar-refractivity contribution in [2.75, 3.05) is 6.26 Å². The summed E-state index contributed by atoms with van der Waals surface area (Å²) in [5.41, 5.74) is 0. The minimum atomic E-state index is -3.06. The van der Waals surface area contributed by atoms with Crippen molar-refractivity contribution in [3.8, 4) is 0 Å². The Labute approximate surface area is 155 Å². The van der Waals surface area contributed by atoms with Crippen molar-refractivity contribution >= 4 is 15.8 Å². The number of hydrogen-bond acceptors (Lipinski definition) is 3. The Morgan fingerprint density at radius 2 is 1.48 bits per heavy atom. The molecule has 4 nitrogen and oxygen atoms in total. The third-order valence-electron chi connectivity index (χ3n) is 4.50. The van der Waals surface area contributed by atoms with Crippen LogP contribution in [0.3, 0.4) is 0 Å². The SMILES string of the molecule is CCCCCCCCCC=CC(CCCCCCC(=O)O)S(C)(=O)=O. The lowest BCUT2D eigenvalue weighted by Crippen LogP contribution is -2.17. The molecule has 1 unspecified atom stereocenters. The predicted molar refractivity (Wildman–Crippen MR) is 106 cm³/mol. The number of carbonyl (C=O) groups is 1. The monoisotopic (exact) mass is 374 g/mol. The van der Waals surface area contributed by atoms with Crippen molar-refractivity contribution in [3.05, 3.63) is 12.2 Å². The number of carboxylic acids is 1. The van der Waals surface area contributed by atoms with Gasteiger partial charge in [0.25, 0.3) is 0 Å². The summed E-state index contributed by atoms with van der Waals surface area (Å²) in [5, 5.41) is 8.20. The van der Waals surface area contributed by atoms with Crippen molar-refractivity contribution in [2.45, 2.75) is 102 Å². The van der Waals surface area contributed by atoms with Gasteiger partial charge >= 0.3 is 5.97 Å². The highest BCUT2D eigenvalue weighted by atomic mass is 32.2. The van der Waals surface area contributed by atoms with E-state index in [0.717, 1.165) is 32.1 Å². The summed E-state index contributed by atoms with van der Waals surface area (Å²) in [7, 11) is -3.06. The maximum absolute atomic E-state index is 11.9. The van der Waals surface area contributed by atoms with E-state index in [4.69, 9.17) is 5.11 Å². The fourth-order valence-corrected chi connectivity index (χ4v) is 3.89. The third kappa shape index (κ3) is 16.4. The average molecular weight is 375 g/mol. The van der Waals surface area contributed by atoms with E-state index >= 15 is 0 Å². The largest absolute Gasteiger partial charge is 0.481 e. The number of sulfone groups is 1. The Morgan fingerprint density at radius 3 is 2.08 bits per heavy atom. The molecule has 5 heteroatoms. The Hall–Kier alpha value is -0.840. The van der Waals surface area contributed by atoms with Crippen LogP contribution in [0.15, 0.2) is 12.2 Å². The summed E-state index contributed by atoms with van der Waals surface area (Å²) < 4.78 is 23.8. The van der Waals surface area contributed by atoms with E-state index in [-0.39, 0.29) is 6.42 Å². The molecule has 0 bridgehead atoms. The van der Waals surface area contributed by atoms with Crippen molar-refractivity contribution in [1.82, 2.24) is 0 Å². The molecular weight excluding hydrogens is 336 g/mol. The molecule has 1 N–H and O–H groups in total. The third-order valence-corrected chi connectivity index (χ3v) is 6.00. The first-order valence-corrected chi connectivity index (χ1v) is 11.9. The fraction of sp³-hybridized carbons (Fsp3) is 0.850. The van der Waals surface area contributed by atoms with Crippen LogP contribution in [-0.4, -0.2) is 31.0 Å². The molecule has 0 saturated carbocycles. The highest BCUT2D eigenvalue weighted by molar-refractivity contribution is 7.91. The minimum Gasteiger partial charge on any atom is -0.481 e. The molecule has 0 aromatic rings. The smallest absolute Gasteiger partial charge is 0.303 e. The second kappa shape index (κ2) is 15.4. The van der Waals surface area contributed by atoms with Gasteiger partial charge in [-0.25, -0.2) is 8.42 Å². The molecule has 0 aliphatic heterocycles. The number of aliphatic carboxylic acids is 1. The molecule has 0 spiro atoms. The molecule has 1 atom stereocenters. The van der Waals surface area contributed by atoms with Crippen molar-refractivity contribution in [1.29, 1.82) is 0 Å². The van der Waals surface area contributed by atoms with E-state index in [1.807, 2.05) is 12.2 Å². The van der Waals surface area contributed by atoms with Crippen LogP contribution in [0.4, 0.5) is 0 Å². The standard InChI is InChI=1S/C20H38O4S/c1-3-4-5-6-7-8-9-10-13-16-19(25(2,23)24)17-14-11-12-15-18-20(21)22/h13,16,19H,3-12,14-15,17-18H2,1-2H3,(H,21,22). The zero-order valence-electron chi connectivity index (χ0n) is 16.2. The van der Waals surface area contributed by atoms with Crippen LogP contribution in [0.5, 0.6) is 0 Å². The fourth-order valence-electron chi connectivity index (χ4n) is 2.90. The summed E-state index contributed by atoms with van der Waals surface area (Å²) >= 11 is 0. The van der Waals surface area contributed by atoms with Gasteiger partial charge in [0.1, 0.15) is 0 Å². The molecule has 25 heavy (non-hydrogen) atoms. The maximum atomic E-state index is 11.9. The summed E-state index contributed by atoms with van der Waals surface area (Å²) in [4.78, 5) is 10.4. The Bertz CT molecular complexity index is 454. The van der Waals surface area contributed by atoms with Crippen LogP contribution in [-0.2, 0) is 14.6 Å². The van der Waals surface area contributed by atoms with E-state index in [2.05, 4.69) is 6.92 Å². The van der Waals surface area contributed by atoms with Crippen LogP contribution in [0, 0.1) is 0 Å². The van der Waals surface area contributed by atoms with Crippen LogP contribution in [0.1, 0.15) is 96.8 Å². The number of hydrogen-bond donors (Lipinski definition) is 1. The molecule has 0 radical (unpaired) electrons. The molecule has 0 aliphatic carbocycles. The van der Waals surface area contributed by atoms with Gasteiger partial charge in [-0.2, -0.15) is 0 Å². The van der Waals surface area contributed by atoms with Gasteiger partial charge in [0.2, 0.25) is 0 Å². The van der Waals surface area contributed by atoms with E-state index < -0.39 is 21.1 Å². The van der Waals surface area contributed by atoms with Gasteiger partial charge in [-0.05, 0) is 25.7 Å². The lowest BCUT2D eigenvalue weighted by atomic mass is 10.1. The summed E-state index contributed by atoms with van der Waals surface area (Å²) in [6.45, 7) is 2.22. The first kappa shape index (κ1) is 24.2. The lowest BCUT2D eigenvalue weighted by Gasteiger charge is -2.10. The molecular formula is C20H38O4S. The minimum absolute atomic E-state index is 0.202. The Morgan fingerprint density at radius 1 is 0.920 bits per heavy atom. The number of allylic oxidation sites excluding steroid dienone is 1. The van der Waals surface area contributed by atoms with Crippen LogP contribution >= 0.6 is 0 Å². The molecule has 0 aliphatic rings. The van der Waals surface area contributed by atoms with Gasteiger partial charge in [-0.3, -0.25) is 4.79 Å². The zero-order chi connectivity index (χ0) is 19.0. The molecule has 0 fully saturated rings. The van der Waals surface area contributed by atoms with Crippen molar-refractivity contribution in [3.63, 3.8) is 0 Å². The van der Waals surface area contributed by atoms with Gasteiger partial charge in [-0.1, -0.05) is 76.9 Å². The molecule has 0 heterocycles. The van der Waals surface area contributed by atoms with E-state index in [1.165, 1.54) is 44.8 Å². The van der Waals surface area contributed by atoms with Gasteiger partial charge in [-0.15, -0.1) is 0 Å². The van der Waals surface area contributed by atoms with E-state index in [9.17, 15) is 13.2 Å². The number of rotatable bonds is 17. The van der Waals surface area contributed by atoms with Crippen LogP contribution in [0.25, 0.3) is 0 Å². The van der Waals surface area contributed by atoms with Gasteiger partial charge in [0.15, 0.2) is 9.84 Å². The quantitative estimate of drug-likeness (QED) is 0.269. The highest BCUT2D eigenvalue weighted by Gasteiger charge is 2.16. The predicted octanol–water partition coefficient (Wildman–Crippen LogP) is 5.52. The van der Waals surface area contributed by atoms with E-state index in [1.54, 1.807) is 0 Å². The molecule has 0 saturated heterocycles. The van der Waals surface area contributed by atoms with Crippen molar-refractivity contribution in [2.24, 2.45) is 0 Å². The maximum Gasteiger partial charge on any atom is 0.303 e. The second-order valence-electron chi connectivity index (χ2n) is 7.05. The topological polar surface area (TPSA) is 71.4 Å². The van der Waals surface area contributed by atoms with Crippen molar-refractivity contribution < 1.29 is 18.3 Å². The van der Waals surface area contributed by atoms with Gasteiger partial charge in [0.05, 0.1) is 5.25 Å². The number of carboxylic acid groups (broad SMARTS) is 1. The van der Waals surface area contributed by atoms with Gasteiger partial charge < -0.3 is 5.11 Å². The molecule has 0 aromatic carbocycles. The first-order valence-electron chi connectivity index (χ1n) is 9.95. The van der Waals surface area contributed by atoms with Crippen LogP contribution in [0.2, 0.25) is 0 Å². The van der Waals surface area contributed by atoms with Gasteiger partial charge in [0, 0.05) is 12.7 Å². The Balaban J connectivity index is 3.90. The van der Waals surface area contributed by atoms with E-state index in [0.29, 0.717) is 12.8 Å². The zero-order valence-corrected chi connectivity index (χ0v) is 17.0. The van der Waals surface area contributed by atoms with Crippen LogP contribution < -0.4 is 0 Å². The normalized spacial score (nSPS) is 13.4. The first-order chi connectivity index (χ1) is 11.9. The summed E-state index contributed by atoms with van der Waals surface area (Å²) in [6.07, 6.45) is 19.1. The highest BCUT2D eigenvalue weighted by Crippen LogP contribution is 2.15.